The zero-order chi connectivity index (χ0) is 48.8. The molecule has 6 fully saturated rings. The molecule has 0 spiro atoms. The van der Waals surface area contributed by atoms with Gasteiger partial charge in [0.1, 0.15) is 18.3 Å². The molecular weight excluding hydrogens is 895 g/mol. The monoisotopic (exact) mass is 978 g/mol. The number of rotatable bonds is 27. The molecule has 7 unspecified atom stereocenters. The number of nitrogens with one attached hydrogen (secondary N) is 4. The molecule has 14 atom stereocenters. The fourth-order valence-electron chi connectivity index (χ4n) is 13.4. The molecule has 0 aromatic carbocycles. The SMILES string of the molecule is C[C@H](CCC(=O)NCCOCCOCCNC(=O)CCCC[C@H]1SCC2NC(=O)NC21)C1CCC2C3C(C[C@H](OC(=O)CCN)[C@@]21C)[C@@]1(C)CC[C@@H](OC(=O)CCN)CC1C[C@H]3OC(=O)CCN. The second-order valence-electron chi connectivity index (χ2n) is 20.8. The number of thioether (sulfide) groups is 1. The molecule has 68 heavy (non-hydrogen) atoms. The van der Waals surface area contributed by atoms with Crippen molar-refractivity contribution in [1.82, 2.24) is 21.3 Å². The Labute approximate surface area is 407 Å². The second kappa shape index (κ2) is 25.8. The molecule has 4 amide bonds. The van der Waals surface area contributed by atoms with Gasteiger partial charge in [0.05, 0.1) is 57.8 Å². The van der Waals surface area contributed by atoms with E-state index in [1.54, 1.807) is 0 Å². The van der Waals surface area contributed by atoms with E-state index in [0.717, 1.165) is 50.7 Å². The highest BCUT2D eigenvalue weighted by Gasteiger charge is 2.68. The molecule has 2 heterocycles. The van der Waals surface area contributed by atoms with Gasteiger partial charge < -0.3 is 62.2 Å². The molecule has 0 radical (unpaired) electrons. The Morgan fingerprint density at radius 2 is 1.40 bits per heavy atom. The van der Waals surface area contributed by atoms with Crippen molar-refractivity contribution in [3.05, 3.63) is 0 Å². The Balaban J connectivity index is 0.930. The van der Waals surface area contributed by atoms with Gasteiger partial charge in [-0.3, -0.25) is 24.0 Å². The number of carbonyl (C=O) groups excluding carboxylic acids is 6. The van der Waals surface area contributed by atoms with Gasteiger partial charge in [0.15, 0.2) is 0 Å². The van der Waals surface area contributed by atoms with Gasteiger partial charge in [0, 0.05) is 67.9 Å². The van der Waals surface area contributed by atoms with Gasteiger partial charge in [0.2, 0.25) is 11.8 Å². The summed E-state index contributed by atoms with van der Waals surface area (Å²) < 4.78 is 30.1. The number of unbranched alkanes of at least 4 members (excludes halogenated alkanes) is 1. The number of fused-ring (bicyclic) bond motifs is 6. The Hall–Kier alpha value is -3.23. The summed E-state index contributed by atoms with van der Waals surface area (Å²) in [7, 11) is 0. The van der Waals surface area contributed by atoms with Gasteiger partial charge >= 0.3 is 23.9 Å². The number of nitrogens with two attached hydrogens (primary N) is 3. The smallest absolute Gasteiger partial charge is 0.315 e. The number of ether oxygens (including phenoxy) is 5. The summed E-state index contributed by atoms with van der Waals surface area (Å²) in [5.41, 5.74) is 16.7. The van der Waals surface area contributed by atoms with Crippen LogP contribution in [0.3, 0.4) is 0 Å². The van der Waals surface area contributed by atoms with E-state index < -0.39 is 5.41 Å². The van der Waals surface area contributed by atoms with E-state index in [9.17, 15) is 28.8 Å². The van der Waals surface area contributed by atoms with Crippen LogP contribution in [0.5, 0.6) is 0 Å². The minimum atomic E-state index is -0.422. The van der Waals surface area contributed by atoms with Crippen LogP contribution in [0.1, 0.15) is 124 Å². The number of hydrogen-bond donors (Lipinski definition) is 7. The predicted molar refractivity (Wildman–Crippen MR) is 257 cm³/mol. The Kier molecular flexibility index (Phi) is 20.5. The topological polar surface area (TPSA) is 275 Å². The zero-order valence-electron chi connectivity index (χ0n) is 40.9. The maximum atomic E-state index is 13.3. The number of hydrogen-bond acceptors (Lipinski definition) is 15. The van der Waals surface area contributed by atoms with E-state index in [2.05, 4.69) is 42.0 Å². The highest BCUT2D eigenvalue weighted by Crippen LogP contribution is 2.69. The van der Waals surface area contributed by atoms with E-state index in [-0.39, 0.29) is 146 Å². The fraction of sp³-hybridized carbons (Fsp3) is 0.878. The van der Waals surface area contributed by atoms with E-state index >= 15 is 0 Å². The predicted octanol–water partition coefficient (Wildman–Crippen LogP) is 3.05. The zero-order valence-corrected chi connectivity index (χ0v) is 41.8. The minimum Gasteiger partial charge on any atom is -0.462 e. The lowest BCUT2D eigenvalue weighted by molar-refractivity contribution is -0.225. The highest BCUT2D eigenvalue weighted by molar-refractivity contribution is 8.00. The van der Waals surface area contributed by atoms with Crippen molar-refractivity contribution < 1.29 is 52.5 Å². The molecule has 2 aliphatic heterocycles. The molecule has 6 aliphatic rings. The molecule has 18 nitrogen and oxygen atoms in total. The Morgan fingerprint density at radius 3 is 2.07 bits per heavy atom. The van der Waals surface area contributed by atoms with E-state index in [4.69, 9.17) is 40.9 Å². The summed E-state index contributed by atoms with van der Waals surface area (Å²) >= 11 is 1.89. The van der Waals surface area contributed by atoms with Gasteiger partial charge in [0.25, 0.3) is 0 Å². The standard InChI is InChI=1S/C49H83N7O11S/c1-30(8-11-41(58)54-21-23-64-25-24-63-22-20-53-40(57)7-5-4-6-38-46-36(29-68-38)55-47(62)56-46)33-9-10-34-45-35(28-39(49(33,34)3)67-44(61)15-19-52)48(2)16-12-32(65-42(59)13-17-50)26-31(48)27-37(45)66-43(60)14-18-51/h30-39,45-46H,4-29,50-52H2,1-3H3,(H,53,57)(H,54,58)(H2,55,56,62)/t30-,31?,32-,33?,34?,35?,36?,37-,38-,39+,45?,46?,48+,49-/m1/s1. The largest absolute Gasteiger partial charge is 0.462 e. The number of esters is 3. The van der Waals surface area contributed by atoms with Crippen LogP contribution < -0.4 is 38.5 Å². The molecule has 4 aliphatic carbocycles. The molecule has 10 N–H and O–H groups in total. The quantitative estimate of drug-likeness (QED) is 0.0270. The third-order valence-corrected chi connectivity index (χ3v) is 18.3. The van der Waals surface area contributed by atoms with Crippen molar-refractivity contribution in [2.45, 2.75) is 159 Å². The molecule has 6 rings (SSSR count). The summed E-state index contributed by atoms with van der Waals surface area (Å²) in [5, 5.41) is 12.3. The molecule has 0 aromatic rings. The van der Waals surface area contributed by atoms with Crippen LogP contribution in [0.25, 0.3) is 0 Å². The van der Waals surface area contributed by atoms with Crippen molar-refractivity contribution in [3.8, 4) is 0 Å². The van der Waals surface area contributed by atoms with E-state index in [1.807, 2.05) is 11.8 Å². The summed E-state index contributed by atoms with van der Waals surface area (Å²) in [6, 6.07) is 0.331. The Morgan fingerprint density at radius 1 is 0.750 bits per heavy atom. The normalized spacial score (nSPS) is 34.0. The first-order valence-corrected chi connectivity index (χ1v) is 26.8. The van der Waals surface area contributed by atoms with E-state index in [1.165, 1.54) is 0 Å². The van der Waals surface area contributed by atoms with E-state index in [0.29, 0.717) is 83.3 Å². The van der Waals surface area contributed by atoms with Crippen molar-refractivity contribution >= 4 is 47.5 Å². The molecule has 0 aromatic heterocycles. The van der Waals surface area contributed by atoms with Crippen molar-refractivity contribution in [1.29, 1.82) is 0 Å². The summed E-state index contributed by atoms with van der Waals surface area (Å²) in [4.78, 5) is 76.0. The lowest BCUT2D eigenvalue weighted by atomic mass is 9.43. The number of urea groups is 1. The molecule has 0 bridgehead atoms. The van der Waals surface area contributed by atoms with Crippen LogP contribution in [0.2, 0.25) is 0 Å². The molecule has 4 saturated carbocycles. The summed E-state index contributed by atoms with van der Waals surface area (Å²) in [6.45, 7) is 9.74. The number of carbonyl (C=O) groups is 6. The maximum absolute atomic E-state index is 13.3. The molecular formula is C49H83N7O11S. The fourth-order valence-corrected chi connectivity index (χ4v) is 14.9. The molecule has 19 heteroatoms. The average molecular weight is 978 g/mol. The lowest BCUT2D eigenvalue weighted by Gasteiger charge is -2.64. The lowest BCUT2D eigenvalue weighted by Crippen LogP contribution is -2.63. The van der Waals surface area contributed by atoms with Crippen molar-refractivity contribution in [2.75, 3.05) is 64.9 Å². The minimum absolute atomic E-state index is 0.00836. The van der Waals surface area contributed by atoms with Crippen LogP contribution in [-0.4, -0.2) is 136 Å². The van der Waals surface area contributed by atoms with Crippen molar-refractivity contribution in [2.24, 2.45) is 63.5 Å². The van der Waals surface area contributed by atoms with Gasteiger partial charge in [-0.25, -0.2) is 4.79 Å². The third kappa shape index (κ3) is 13.6. The molecule has 386 valence electrons. The van der Waals surface area contributed by atoms with Gasteiger partial charge in [-0.15, -0.1) is 0 Å². The summed E-state index contributed by atoms with van der Waals surface area (Å²) in [6.07, 6.45) is 9.08. The van der Waals surface area contributed by atoms with Crippen LogP contribution in [0.4, 0.5) is 4.79 Å². The second-order valence-corrected chi connectivity index (χ2v) is 22.1. The van der Waals surface area contributed by atoms with Gasteiger partial charge in [-0.05, 0) is 99.2 Å². The highest BCUT2D eigenvalue weighted by atomic mass is 32.2. The van der Waals surface area contributed by atoms with Crippen LogP contribution in [0, 0.1) is 46.3 Å². The average Bonchev–Trinajstić information content (AvgIpc) is 3.98. The van der Waals surface area contributed by atoms with Crippen LogP contribution in [-0.2, 0) is 47.7 Å². The first-order chi connectivity index (χ1) is 32.7. The summed E-state index contributed by atoms with van der Waals surface area (Å²) in [5.74, 6) is 0.707. The third-order valence-electron chi connectivity index (χ3n) is 16.8. The van der Waals surface area contributed by atoms with Gasteiger partial charge in [-0.2, -0.15) is 11.8 Å². The first-order valence-electron chi connectivity index (χ1n) is 25.8. The van der Waals surface area contributed by atoms with Gasteiger partial charge in [-0.1, -0.05) is 27.2 Å². The molecule has 2 saturated heterocycles. The van der Waals surface area contributed by atoms with Crippen LogP contribution in [0.15, 0.2) is 0 Å². The van der Waals surface area contributed by atoms with Crippen molar-refractivity contribution in [3.63, 3.8) is 0 Å². The maximum Gasteiger partial charge on any atom is 0.315 e. The first kappa shape index (κ1) is 54.1. The Bertz CT molecular complexity index is 1710. The number of amides is 4. The van der Waals surface area contributed by atoms with Crippen LogP contribution >= 0.6 is 11.8 Å².